The van der Waals surface area contributed by atoms with Gasteiger partial charge in [-0.25, -0.2) is 10.4 Å². The fraction of sp³-hybridized carbons (Fsp3) is 0.280. The average molecular weight is 445 g/mol. The molecule has 1 aliphatic rings. The normalized spacial score (nSPS) is 17.0. The van der Waals surface area contributed by atoms with Gasteiger partial charge in [-0.3, -0.25) is 14.2 Å². The second-order valence-corrected chi connectivity index (χ2v) is 9.55. The molecule has 1 amide bonds. The number of benzene rings is 2. The van der Waals surface area contributed by atoms with Gasteiger partial charge >= 0.3 is 0 Å². The lowest BCUT2D eigenvalue weighted by Gasteiger charge is -2.18. The van der Waals surface area contributed by atoms with E-state index in [0.29, 0.717) is 11.3 Å². The van der Waals surface area contributed by atoms with Crippen molar-refractivity contribution in [1.29, 1.82) is 0 Å². The minimum absolute atomic E-state index is 0.150. The number of amides is 1. The molecule has 0 saturated carbocycles. The van der Waals surface area contributed by atoms with Crippen molar-refractivity contribution >= 4 is 44.4 Å². The summed E-state index contributed by atoms with van der Waals surface area (Å²) in [6, 6.07) is 13.2. The van der Waals surface area contributed by atoms with Gasteiger partial charge in [-0.1, -0.05) is 49.4 Å². The van der Waals surface area contributed by atoms with E-state index in [1.807, 2.05) is 42.5 Å². The molecule has 2 heterocycles. The Morgan fingerprint density at radius 3 is 2.97 bits per heavy atom. The molecule has 5 rings (SSSR count). The summed E-state index contributed by atoms with van der Waals surface area (Å²) in [5.41, 5.74) is 4.46. The van der Waals surface area contributed by atoms with Crippen LogP contribution in [0.2, 0.25) is 0 Å². The zero-order valence-electron chi connectivity index (χ0n) is 18.0. The van der Waals surface area contributed by atoms with Crippen LogP contribution in [0.3, 0.4) is 0 Å². The Hall–Kier alpha value is -3.32. The first kappa shape index (κ1) is 20.6. The van der Waals surface area contributed by atoms with E-state index in [1.165, 1.54) is 15.8 Å². The molecule has 0 aliphatic heterocycles. The van der Waals surface area contributed by atoms with E-state index in [9.17, 15) is 9.59 Å². The lowest BCUT2D eigenvalue weighted by atomic mass is 9.89. The minimum atomic E-state index is -0.720. The number of carbonyl (C=O) groups is 1. The number of hydrogen-bond donors (Lipinski definition) is 1. The van der Waals surface area contributed by atoms with Crippen molar-refractivity contribution in [3.8, 4) is 0 Å². The SMILES string of the molecule is C[C@H]1CCc2c(sc3ncn([C@H](C)C(=O)N/N=C\c4cccc5ccccc45)c(=O)c23)C1. The third-order valence-electron chi connectivity index (χ3n) is 6.24. The van der Waals surface area contributed by atoms with Gasteiger partial charge in [0.05, 0.1) is 17.9 Å². The lowest BCUT2D eigenvalue weighted by Crippen LogP contribution is -2.34. The van der Waals surface area contributed by atoms with Gasteiger partial charge in [-0.05, 0) is 48.4 Å². The van der Waals surface area contributed by atoms with Crippen molar-refractivity contribution in [3.05, 3.63) is 75.1 Å². The molecule has 0 bridgehead atoms. The van der Waals surface area contributed by atoms with Crippen LogP contribution in [0.1, 0.15) is 42.3 Å². The molecule has 2 atom stereocenters. The van der Waals surface area contributed by atoms with Crippen molar-refractivity contribution < 1.29 is 4.79 Å². The number of hydrazone groups is 1. The number of hydrogen-bond acceptors (Lipinski definition) is 5. The third kappa shape index (κ3) is 3.62. The van der Waals surface area contributed by atoms with Crippen LogP contribution in [0.4, 0.5) is 0 Å². The number of rotatable bonds is 4. The van der Waals surface area contributed by atoms with Crippen molar-refractivity contribution in [1.82, 2.24) is 15.0 Å². The Morgan fingerprint density at radius 2 is 2.09 bits per heavy atom. The van der Waals surface area contributed by atoms with E-state index in [4.69, 9.17) is 0 Å². The Labute approximate surface area is 189 Å². The molecule has 1 aliphatic carbocycles. The smallest absolute Gasteiger partial charge is 0.263 e. The molecule has 0 spiro atoms. The summed E-state index contributed by atoms with van der Waals surface area (Å²) < 4.78 is 1.41. The van der Waals surface area contributed by atoms with Gasteiger partial charge < -0.3 is 0 Å². The summed E-state index contributed by atoms with van der Waals surface area (Å²) in [4.78, 5) is 32.5. The lowest BCUT2D eigenvalue weighted by molar-refractivity contribution is -0.123. The van der Waals surface area contributed by atoms with Crippen molar-refractivity contribution in [2.45, 2.75) is 39.2 Å². The maximum Gasteiger partial charge on any atom is 0.263 e. The van der Waals surface area contributed by atoms with Crippen molar-refractivity contribution in [2.24, 2.45) is 11.0 Å². The van der Waals surface area contributed by atoms with E-state index in [-0.39, 0.29) is 11.5 Å². The second kappa shape index (κ2) is 8.31. The van der Waals surface area contributed by atoms with Crippen LogP contribution in [-0.2, 0) is 17.6 Å². The van der Waals surface area contributed by atoms with Crippen LogP contribution < -0.4 is 11.0 Å². The summed E-state index contributed by atoms with van der Waals surface area (Å²) in [6.45, 7) is 3.93. The first-order valence-corrected chi connectivity index (χ1v) is 11.7. The van der Waals surface area contributed by atoms with Crippen LogP contribution in [0, 0.1) is 5.92 Å². The Balaban J connectivity index is 1.38. The zero-order valence-corrected chi connectivity index (χ0v) is 18.9. The monoisotopic (exact) mass is 444 g/mol. The predicted octanol–water partition coefficient (Wildman–Crippen LogP) is 4.45. The van der Waals surface area contributed by atoms with E-state index >= 15 is 0 Å². The van der Waals surface area contributed by atoms with Crippen LogP contribution in [0.5, 0.6) is 0 Å². The molecule has 2 aromatic carbocycles. The van der Waals surface area contributed by atoms with Gasteiger partial charge in [0.25, 0.3) is 11.5 Å². The summed E-state index contributed by atoms with van der Waals surface area (Å²) in [6.07, 6.45) is 6.08. The highest BCUT2D eigenvalue weighted by Crippen LogP contribution is 2.35. The maximum absolute atomic E-state index is 13.2. The number of thiophene rings is 1. The number of aryl methyl sites for hydroxylation is 1. The van der Waals surface area contributed by atoms with Gasteiger partial charge in [-0.15, -0.1) is 11.3 Å². The van der Waals surface area contributed by atoms with E-state index in [2.05, 4.69) is 22.4 Å². The van der Waals surface area contributed by atoms with Gasteiger partial charge in [0, 0.05) is 10.4 Å². The van der Waals surface area contributed by atoms with E-state index in [1.54, 1.807) is 24.5 Å². The number of nitrogens with one attached hydrogen (secondary N) is 1. The van der Waals surface area contributed by atoms with Gasteiger partial charge in [0.2, 0.25) is 0 Å². The molecule has 6 nitrogen and oxygen atoms in total. The first-order valence-electron chi connectivity index (χ1n) is 10.8. The predicted molar refractivity (Wildman–Crippen MR) is 129 cm³/mol. The molecule has 0 saturated heterocycles. The highest BCUT2D eigenvalue weighted by Gasteiger charge is 2.25. The largest absolute Gasteiger partial charge is 0.286 e. The summed E-state index contributed by atoms with van der Waals surface area (Å²) in [5, 5.41) is 6.99. The molecular formula is C25H24N4O2S. The van der Waals surface area contributed by atoms with Gasteiger partial charge in [0.15, 0.2) is 0 Å². The Kier molecular flexibility index (Phi) is 5.35. The third-order valence-corrected chi connectivity index (χ3v) is 7.40. The molecular weight excluding hydrogens is 420 g/mol. The average Bonchev–Trinajstić information content (AvgIpc) is 3.17. The standard InChI is InChI=1S/C25H24N4O2S/c1-15-10-11-20-21(12-15)32-24-22(20)25(31)29(14-26-24)16(2)23(30)28-27-13-18-8-5-7-17-6-3-4-9-19(17)18/h3-9,13-16H,10-12H2,1-2H3,(H,28,30)/b27-13-/t15-,16+/m0/s1. The van der Waals surface area contributed by atoms with Crippen LogP contribution in [0.15, 0.2) is 58.7 Å². The van der Waals surface area contributed by atoms with Crippen LogP contribution in [-0.4, -0.2) is 21.7 Å². The van der Waals surface area contributed by atoms with E-state index in [0.717, 1.165) is 46.0 Å². The van der Waals surface area contributed by atoms with Crippen LogP contribution in [0.25, 0.3) is 21.0 Å². The topological polar surface area (TPSA) is 76.3 Å². The van der Waals surface area contributed by atoms with Crippen LogP contribution >= 0.6 is 11.3 Å². The minimum Gasteiger partial charge on any atom is -0.286 e. The molecule has 32 heavy (non-hydrogen) atoms. The van der Waals surface area contributed by atoms with Crippen molar-refractivity contribution in [3.63, 3.8) is 0 Å². The number of nitrogens with zero attached hydrogens (tertiary/aromatic N) is 3. The highest BCUT2D eigenvalue weighted by molar-refractivity contribution is 7.18. The quantitative estimate of drug-likeness (QED) is 0.373. The Bertz CT molecular complexity index is 1410. The number of fused-ring (bicyclic) bond motifs is 4. The second-order valence-electron chi connectivity index (χ2n) is 8.47. The molecule has 0 radical (unpaired) electrons. The molecule has 0 fully saturated rings. The molecule has 7 heteroatoms. The molecule has 4 aromatic rings. The first-order chi connectivity index (χ1) is 15.5. The summed E-state index contributed by atoms with van der Waals surface area (Å²) >= 11 is 1.61. The Morgan fingerprint density at radius 1 is 1.28 bits per heavy atom. The van der Waals surface area contributed by atoms with E-state index < -0.39 is 6.04 Å². The molecule has 1 N–H and O–H groups in total. The van der Waals surface area contributed by atoms with Gasteiger partial charge in [-0.2, -0.15) is 5.10 Å². The molecule has 2 aromatic heterocycles. The molecule has 0 unspecified atom stereocenters. The van der Waals surface area contributed by atoms with Crippen molar-refractivity contribution in [2.75, 3.05) is 0 Å². The maximum atomic E-state index is 13.2. The molecule has 162 valence electrons. The number of aromatic nitrogens is 2. The fourth-order valence-electron chi connectivity index (χ4n) is 4.37. The highest BCUT2D eigenvalue weighted by atomic mass is 32.1. The fourth-order valence-corrected chi connectivity index (χ4v) is 5.71. The summed E-state index contributed by atoms with van der Waals surface area (Å²) in [5.74, 6) is 0.268. The number of carbonyl (C=O) groups excluding carboxylic acids is 1. The zero-order chi connectivity index (χ0) is 22.2. The summed E-state index contributed by atoms with van der Waals surface area (Å²) in [7, 11) is 0. The van der Waals surface area contributed by atoms with Gasteiger partial charge in [0.1, 0.15) is 10.9 Å².